The monoisotopic (exact) mass is 644 g/mol. The van der Waals surface area contributed by atoms with Crippen molar-refractivity contribution in [1.29, 1.82) is 0 Å². The average molecular weight is 645 g/mol. The largest absolute Gasteiger partial charge is 0.481 e. The number of aliphatic carboxylic acids is 3. The first-order valence-corrected chi connectivity index (χ1v) is 16.9. The zero-order valence-corrected chi connectivity index (χ0v) is 28.4. The molecule has 5 aliphatic rings. The fraction of sp³-hybridized carbons (Fsp3) is 0.806. The first-order chi connectivity index (χ1) is 21.1. The highest BCUT2D eigenvalue weighted by Crippen LogP contribution is 2.75. The Morgan fingerprint density at radius 3 is 2.11 bits per heavy atom. The topological polar surface area (TPSA) is 176 Å². The summed E-state index contributed by atoms with van der Waals surface area (Å²) in [5.41, 5.74) is -1.37. The summed E-state index contributed by atoms with van der Waals surface area (Å²) in [5, 5.41) is 39.2. The van der Waals surface area contributed by atoms with Gasteiger partial charge >= 0.3 is 23.9 Å². The number of carbonyl (C=O) groups excluding carboxylic acids is 2. The van der Waals surface area contributed by atoms with Gasteiger partial charge in [0.2, 0.25) is 0 Å². The number of carboxylic acids is 3. The minimum absolute atomic E-state index is 0.0163. The third kappa shape index (κ3) is 4.86. The number of aliphatic hydroxyl groups is 1. The number of carbonyl (C=O) groups is 5. The number of carboxylic acid groups (broad SMARTS) is 3. The molecule has 0 aromatic rings. The zero-order chi connectivity index (χ0) is 34.4. The van der Waals surface area contributed by atoms with Gasteiger partial charge in [0.1, 0.15) is 12.0 Å². The minimum atomic E-state index is -2.12. The molecular formula is C36H52O10. The smallest absolute Gasteiger partial charge is 0.336 e. The molecule has 0 saturated heterocycles. The van der Waals surface area contributed by atoms with Crippen molar-refractivity contribution in [3.63, 3.8) is 0 Å². The number of aliphatic hydroxyl groups excluding tert-OH is 1. The van der Waals surface area contributed by atoms with Crippen LogP contribution >= 0.6 is 0 Å². The second-order valence-electron chi connectivity index (χ2n) is 17.3. The summed E-state index contributed by atoms with van der Waals surface area (Å²) < 4.78 is 5.79. The second kappa shape index (κ2) is 10.9. The molecule has 0 heterocycles. The number of esters is 1. The molecule has 0 aromatic carbocycles. The summed E-state index contributed by atoms with van der Waals surface area (Å²) in [5.74, 6) is -6.93. The number of hydrogen-bond donors (Lipinski definition) is 4. The third-order valence-corrected chi connectivity index (χ3v) is 14.6. The highest BCUT2D eigenvalue weighted by atomic mass is 16.6. The Labute approximate surface area is 271 Å². The van der Waals surface area contributed by atoms with Crippen LogP contribution in [0.5, 0.6) is 0 Å². The van der Waals surface area contributed by atoms with Crippen molar-refractivity contribution < 1.29 is 49.1 Å². The Morgan fingerprint density at radius 2 is 1.52 bits per heavy atom. The van der Waals surface area contributed by atoms with Gasteiger partial charge in [-0.05, 0) is 104 Å². The number of rotatable bonds is 7. The van der Waals surface area contributed by atoms with Crippen molar-refractivity contribution >= 4 is 29.7 Å². The molecule has 5 aliphatic carbocycles. The molecule has 0 aromatic heterocycles. The molecule has 3 unspecified atom stereocenters. The molecule has 4 fully saturated rings. The van der Waals surface area contributed by atoms with E-state index in [2.05, 4.69) is 27.7 Å². The Kier molecular flexibility index (Phi) is 8.19. The van der Waals surface area contributed by atoms with Gasteiger partial charge in [0.25, 0.3) is 0 Å². The van der Waals surface area contributed by atoms with Gasteiger partial charge in [-0.1, -0.05) is 47.1 Å². The summed E-state index contributed by atoms with van der Waals surface area (Å²) in [6, 6.07) is 0. The zero-order valence-electron chi connectivity index (χ0n) is 28.4. The van der Waals surface area contributed by atoms with Crippen molar-refractivity contribution in [3.05, 3.63) is 11.6 Å². The number of ketones is 1. The van der Waals surface area contributed by atoms with Gasteiger partial charge in [0.05, 0.1) is 11.8 Å². The van der Waals surface area contributed by atoms with Crippen molar-refractivity contribution in [3.8, 4) is 0 Å². The molecule has 0 amide bonds. The van der Waals surface area contributed by atoms with Crippen LogP contribution in [-0.2, 0) is 28.7 Å². The summed E-state index contributed by atoms with van der Waals surface area (Å²) in [6.07, 6.45) is 4.74. The molecule has 5 rings (SSSR count). The lowest BCUT2D eigenvalue weighted by Gasteiger charge is -2.70. The molecule has 0 radical (unpaired) electrons. The normalized spacial score (nSPS) is 44.2. The van der Waals surface area contributed by atoms with Gasteiger partial charge in [-0.2, -0.15) is 0 Å². The lowest BCUT2D eigenvalue weighted by Crippen LogP contribution is -2.67. The van der Waals surface area contributed by atoms with Gasteiger partial charge in [0.15, 0.2) is 11.9 Å². The molecule has 10 nitrogen and oxygen atoms in total. The van der Waals surface area contributed by atoms with Crippen molar-refractivity contribution in [2.45, 2.75) is 125 Å². The number of allylic oxidation sites excluding steroid dienone is 2. The van der Waals surface area contributed by atoms with Crippen LogP contribution in [0.4, 0.5) is 0 Å². The van der Waals surface area contributed by atoms with Gasteiger partial charge < -0.3 is 25.2 Å². The van der Waals surface area contributed by atoms with Crippen LogP contribution in [0.25, 0.3) is 0 Å². The number of ether oxygens (including phenoxy) is 1. The Bertz CT molecular complexity index is 1380. The summed E-state index contributed by atoms with van der Waals surface area (Å²) in [7, 11) is 0. The first kappa shape index (κ1) is 34.6. The molecule has 11 atom stereocenters. The Hall–Kier alpha value is -2.75. The van der Waals surface area contributed by atoms with Crippen LogP contribution in [0.1, 0.15) is 113 Å². The molecule has 10 heteroatoms. The maximum absolute atomic E-state index is 14.5. The van der Waals surface area contributed by atoms with Gasteiger partial charge in [-0.3, -0.25) is 19.2 Å². The minimum Gasteiger partial charge on any atom is -0.481 e. The van der Waals surface area contributed by atoms with Gasteiger partial charge in [-0.15, -0.1) is 0 Å². The Balaban J connectivity index is 1.45. The highest BCUT2D eigenvalue weighted by Gasteiger charge is 2.70. The van der Waals surface area contributed by atoms with Crippen molar-refractivity contribution in [1.82, 2.24) is 0 Å². The summed E-state index contributed by atoms with van der Waals surface area (Å²) in [6.45, 7) is 14.9. The number of fused-ring (bicyclic) bond motifs is 7. The van der Waals surface area contributed by atoms with E-state index >= 15 is 0 Å². The van der Waals surface area contributed by atoms with E-state index in [9.17, 15) is 39.3 Å². The second-order valence-corrected chi connectivity index (χ2v) is 17.3. The fourth-order valence-electron chi connectivity index (χ4n) is 11.5. The molecule has 4 saturated carbocycles. The highest BCUT2D eigenvalue weighted by molar-refractivity contribution is 5.96. The van der Waals surface area contributed by atoms with Crippen LogP contribution in [0, 0.1) is 56.2 Å². The fourth-order valence-corrected chi connectivity index (χ4v) is 11.5. The molecular weight excluding hydrogens is 592 g/mol. The molecule has 0 aliphatic heterocycles. The third-order valence-electron chi connectivity index (χ3n) is 14.6. The summed E-state index contributed by atoms with van der Waals surface area (Å²) in [4.78, 5) is 62.7. The molecule has 256 valence electrons. The lowest BCUT2D eigenvalue weighted by atomic mass is 9.33. The van der Waals surface area contributed by atoms with Crippen LogP contribution < -0.4 is 0 Å². The van der Waals surface area contributed by atoms with E-state index in [0.29, 0.717) is 25.7 Å². The van der Waals surface area contributed by atoms with Crippen LogP contribution in [0.15, 0.2) is 11.6 Å². The first-order valence-electron chi connectivity index (χ1n) is 16.9. The van der Waals surface area contributed by atoms with E-state index in [0.717, 1.165) is 37.7 Å². The van der Waals surface area contributed by atoms with Crippen molar-refractivity contribution in [2.75, 3.05) is 0 Å². The molecule has 0 spiro atoms. The van der Waals surface area contributed by atoms with E-state index in [4.69, 9.17) is 9.84 Å². The van der Waals surface area contributed by atoms with E-state index in [1.807, 2.05) is 26.8 Å². The molecule has 4 N–H and O–H groups in total. The van der Waals surface area contributed by atoms with E-state index in [-0.39, 0.29) is 39.8 Å². The van der Waals surface area contributed by atoms with Gasteiger partial charge in [0, 0.05) is 11.3 Å². The van der Waals surface area contributed by atoms with Crippen LogP contribution in [-0.4, -0.2) is 62.3 Å². The maximum atomic E-state index is 14.5. The quantitative estimate of drug-likeness (QED) is 0.259. The van der Waals surface area contributed by atoms with E-state index in [1.165, 1.54) is 0 Å². The lowest BCUT2D eigenvalue weighted by molar-refractivity contribution is -0.215. The van der Waals surface area contributed by atoms with Crippen LogP contribution in [0.2, 0.25) is 0 Å². The summed E-state index contributed by atoms with van der Waals surface area (Å²) >= 11 is 0. The van der Waals surface area contributed by atoms with E-state index in [1.54, 1.807) is 0 Å². The van der Waals surface area contributed by atoms with Crippen LogP contribution in [0.3, 0.4) is 0 Å². The maximum Gasteiger partial charge on any atom is 0.336 e. The molecule has 0 bridgehead atoms. The predicted octanol–water partition coefficient (Wildman–Crippen LogP) is 5.50. The SMILES string of the molecule is CC1(C)C2CC[C@]3(C)[C@H](C(=O)C=C4[C@H]5C[C@@](C)(C(=O)O)CC[C@]5(C)CC[C@]43C)[C@@]2(C)CC[C@@H]1OC(=O)C(O)C(CC(=O)O)C(=O)O. The standard InChI is InChI=1S/C36H52O10/c1-31(2)23-8-11-36(7)27(34(23,5)10-9-24(31)46-29(43)26(40)19(28(41)42)16-25(38)39)22(37)17-20-21-18-33(4,30(44)45)13-12-32(21,3)14-15-35(20,36)6/h17,19,21,23-24,26-27,40H,8-16,18H2,1-7H3,(H,38,39)(H,41,42)(H,44,45)/t19?,21-,23?,24+,26?,27-,32-,33+,34+,35-,36-/m1/s1. The number of hydrogen-bond acceptors (Lipinski definition) is 7. The van der Waals surface area contributed by atoms with Gasteiger partial charge in [-0.25, -0.2) is 4.79 Å². The molecule has 46 heavy (non-hydrogen) atoms. The van der Waals surface area contributed by atoms with E-state index < -0.39 is 64.7 Å². The van der Waals surface area contributed by atoms with Crippen molar-refractivity contribution in [2.24, 2.45) is 56.2 Å². The average Bonchev–Trinajstić information content (AvgIpc) is 2.94. The Morgan fingerprint density at radius 1 is 0.891 bits per heavy atom. The predicted molar refractivity (Wildman–Crippen MR) is 166 cm³/mol.